The highest BCUT2D eigenvalue weighted by atomic mass is 32.2. The van der Waals surface area contributed by atoms with Gasteiger partial charge in [-0.2, -0.15) is 8.42 Å². The molecule has 1 atom stereocenters. The number of halogens is 1. The predicted molar refractivity (Wildman–Crippen MR) is 77.4 cm³/mol. The highest BCUT2D eigenvalue weighted by Gasteiger charge is 2.36. The lowest BCUT2D eigenvalue weighted by Crippen LogP contribution is -2.53. The number of hydrogen-bond acceptors (Lipinski definition) is 3. The number of thiocarbonyl (C=S) groups is 1. The number of nitrogens with zero attached hydrogens (tertiary/aromatic N) is 1. The molecule has 106 valence electrons. The third-order valence-electron chi connectivity index (χ3n) is 3.07. The maximum atomic E-state index is 13.1. The van der Waals surface area contributed by atoms with Gasteiger partial charge in [-0.05, 0) is 24.6 Å². The third-order valence-corrected chi connectivity index (χ3v) is 5.63. The normalized spacial score (nSPS) is 14.9. The second-order valence-electron chi connectivity index (χ2n) is 4.59. The van der Waals surface area contributed by atoms with Crippen molar-refractivity contribution in [2.45, 2.75) is 12.7 Å². The molecule has 0 radical (unpaired) electrons. The smallest absolute Gasteiger partial charge is 0.301 e. The van der Waals surface area contributed by atoms with Crippen LogP contribution in [-0.4, -0.2) is 37.4 Å². The highest BCUT2D eigenvalue weighted by Crippen LogP contribution is 2.18. The summed E-state index contributed by atoms with van der Waals surface area (Å²) >= 11 is 4.80. The standard InChI is InChI=1S/C12H17FN2O2S2/c1-3-15(2,8-12(14)18)19(16,17)9-10-5-4-6-11(13)7-10/h4-7H,3,8-9H2,1-2H3,(H-,14,18)/p+1. The molecule has 0 bridgehead atoms. The first-order valence-corrected chi connectivity index (χ1v) is 7.82. The molecule has 1 unspecified atom stereocenters. The van der Waals surface area contributed by atoms with Crippen LogP contribution in [-0.2, 0) is 15.8 Å². The van der Waals surface area contributed by atoms with E-state index in [1.54, 1.807) is 20.0 Å². The second kappa shape index (κ2) is 5.94. The van der Waals surface area contributed by atoms with E-state index >= 15 is 0 Å². The SMILES string of the molecule is CC[N+](C)(CC(N)=S)S(=O)(=O)Cc1cccc(F)c1. The molecule has 0 fully saturated rings. The first kappa shape index (κ1) is 16.0. The van der Waals surface area contributed by atoms with E-state index in [0.29, 0.717) is 12.1 Å². The molecule has 0 saturated carbocycles. The summed E-state index contributed by atoms with van der Waals surface area (Å²) in [5, 5.41) is 0. The Hall–Kier alpha value is -1.05. The Kier molecular flexibility index (Phi) is 5.00. The number of rotatable bonds is 6. The topological polar surface area (TPSA) is 60.2 Å². The van der Waals surface area contributed by atoms with Crippen molar-refractivity contribution in [3.63, 3.8) is 0 Å². The van der Waals surface area contributed by atoms with Gasteiger partial charge in [-0.25, -0.2) is 8.28 Å². The minimum absolute atomic E-state index is 0.0729. The largest absolute Gasteiger partial charge is 0.389 e. The van der Waals surface area contributed by atoms with Gasteiger partial charge >= 0.3 is 10.0 Å². The van der Waals surface area contributed by atoms with Gasteiger partial charge in [0.25, 0.3) is 0 Å². The molecule has 0 saturated heterocycles. The molecule has 1 aromatic carbocycles. The van der Waals surface area contributed by atoms with Crippen LogP contribution in [0.5, 0.6) is 0 Å². The summed E-state index contributed by atoms with van der Waals surface area (Å²) in [4.78, 5) is 0.146. The number of sulfonamides is 1. The Morgan fingerprint density at radius 3 is 2.58 bits per heavy atom. The van der Waals surface area contributed by atoms with Gasteiger partial charge in [0.2, 0.25) is 0 Å². The Labute approximate surface area is 118 Å². The van der Waals surface area contributed by atoms with E-state index in [2.05, 4.69) is 0 Å². The van der Waals surface area contributed by atoms with E-state index in [-0.39, 0.29) is 21.2 Å². The summed E-state index contributed by atoms with van der Waals surface area (Å²) in [5.41, 5.74) is 5.88. The lowest BCUT2D eigenvalue weighted by Gasteiger charge is -2.31. The molecule has 0 aliphatic heterocycles. The maximum absolute atomic E-state index is 13.1. The number of quaternary nitrogens is 1. The van der Waals surface area contributed by atoms with E-state index in [4.69, 9.17) is 18.0 Å². The summed E-state index contributed by atoms with van der Waals surface area (Å²) in [6, 6.07) is 5.57. The quantitative estimate of drug-likeness (QED) is 0.638. The summed E-state index contributed by atoms with van der Waals surface area (Å²) in [6.45, 7) is 2.17. The zero-order chi connectivity index (χ0) is 14.7. The van der Waals surface area contributed by atoms with E-state index in [1.807, 2.05) is 0 Å². The van der Waals surface area contributed by atoms with Crippen molar-refractivity contribution in [2.24, 2.45) is 5.73 Å². The van der Waals surface area contributed by atoms with Crippen LogP contribution in [0, 0.1) is 5.82 Å². The van der Waals surface area contributed by atoms with Crippen molar-refractivity contribution in [1.82, 2.24) is 0 Å². The highest BCUT2D eigenvalue weighted by molar-refractivity contribution is 7.85. The van der Waals surface area contributed by atoms with Crippen LogP contribution in [0.2, 0.25) is 0 Å². The molecule has 0 aliphatic rings. The number of nitrogens with two attached hydrogens (primary N) is 1. The molecule has 19 heavy (non-hydrogen) atoms. The molecule has 4 nitrogen and oxygen atoms in total. The van der Waals surface area contributed by atoms with Crippen molar-refractivity contribution >= 4 is 27.2 Å². The van der Waals surface area contributed by atoms with E-state index in [9.17, 15) is 12.8 Å². The zero-order valence-electron chi connectivity index (χ0n) is 11.0. The molecule has 2 N–H and O–H groups in total. The van der Waals surface area contributed by atoms with Gasteiger partial charge in [-0.15, -0.1) is 0 Å². The number of hydrogen-bond donors (Lipinski definition) is 1. The van der Waals surface area contributed by atoms with Crippen molar-refractivity contribution < 1.29 is 16.7 Å². The van der Waals surface area contributed by atoms with Crippen LogP contribution < -0.4 is 5.73 Å². The summed E-state index contributed by atoms with van der Waals surface area (Å²) < 4.78 is 37.7. The van der Waals surface area contributed by atoms with Crippen LogP contribution in [0.4, 0.5) is 4.39 Å². The van der Waals surface area contributed by atoms with Crippen LogP contribution in [0.1, 0.15) is 12.5 Å². The van der Waals surface area contributed by atoms with Gasteiger partial charge in [-0.1, -0.05) is 24.4 Å². The van der Waals surface area contributed by atoms with Gasteiger partial charge in [0.05, 0.1) is 13.6 Å². The lowest BCUT2D eigenvalue weighted by molar-refractivity contribution is -0.772. The number of likely N-dealkylation sites (N-methyl/N-ethyl adjacent to an activating group) is 1. The molecule has 0 aliphatic carbocycles. The predicted octanol–water partition coefficient (Wildman–Crippen LogP) is 1.41. The zero-order valence-corrected chi connectivity index (χ0v) is 12.6. The van der Waals surface area contributed by atoms with E-state index < -0.39 is 15.8 Å². The fraction of sp³-hybridized carbons (Fsp3) is 0.417. The van der Waals surface area contributed by atoms with E-state index in [0.717, 1.165) is 0 Å². The molecule has 7 heteroatoms. The monoisotopic (exact) mass is 305 g/mol. The Morgan fingerprint density at radius 2 is 2.11 bits per heavy atom. The van der Waals surface area contributed by atoms with Gasteiger partial charge in [-0.3, -0.25) is 0 Å². The molecule has 1 aromatic rings. The molecule has 0 aromatic heterocycles. The second-order valence-corrected chi connectivity index (χ2v) is 7.45. The van der Waals surface area contributed by atoms with Gasteiger partial charge in [0.15, 0.2) is 0 Å². The average molecular weight is 305 g/mol. The van der Waals surface area contributed by atoms with Gasteiger partial charge < -0.3 is 5.73 Å². The Bertz CT molecular complexity index is 575. The lowest BCUT2D eigenvalue weighted by atomic mass is 10.2. The van der Waals surface area contributed by atoms with Crippen molar-refractivity contribution in [3.8, 4) is 0 Å². The first-order valence-electron chi connectivity index (χ1n) is 5.80. The van der Waals surface area contributed by atoms with Crippen molar-refractivity contribution in [2.75, 3.05) is 20.1 Å². The fourth-order valence-electron chi connectivity index (χ4n) is 1.73. The molecule has 0 spiro atoms. The van der Waals surface area contributed by atoms with Gasteiger partial charge in [0.1, 0.15) is 23.1 Å². The summed E-state index contributed by atoms with van der Waals surface area (Å²) in [5.74, 6) is -0.690. The van der Waals surface area contributed by atoms with Gasteiger partial charge in [0, 0.05) is 0 Å². The van der Waals surface area contributed by atoms with Crippen molar-refractivity contribution in [1.29, 1.82) is 0 Å². The summed E-state index contributed by atoms with van der Waals surface area (Å²) in [7, 11) is -1.97. The maximum Gasteiger partial charge on any atom is 0.301 e. The Balaban J connectivity index is 3.05. The van der Waals surface area contributed by atoms with Crippen LogP contribution in [0.15, 0.2) is 24.3 Å². The molecule has 0 heterocycles. The molecular weight excluding hydrogens is 287 g/mol. The minimum Gasteiger partial charge on any atom is -0.389 e. The van der Waals surface area contributed by atoms with Crippen LogP contribution in [0.3, 0.4) is 0 Å². The number of benzene rings is 1. The molecule has 0 amide bonds. The van der Waals surface area contributed by atoms with Crippen molar-refractivity contribution in [3.05, 3.63) is 35.6 Å². The first-order chi connectivity index (χ1) is 8.70. The molecule has 1 rings (SSSR count). The third kappa shape index (κ3) is 3.95. The van der Waals surface area contributed by atoms with E-state index in [1.165, 1.54) is 18.2 Å². The van der Waals surface area contributed by atoms with Crippen LogP contribution >= 0.6 is 12.2 Å². The van der Waals surface area contributed by atoms with Crippen LogP contribution in [0.25, 0.3) is 0 Å². The fourth-order valence-corrected chi connectivity index (χ4v) is 3.74. The molecular formula is C12H18FN2O2S2+. The summed E-state index contributed by atoms with van der Waals surface area (Å²) in [6.07, 6.45) is 0. The average Bonchev–Trinajstić information content (AvgIpc) is 2.27. The Morgan fingerprint density at radius 1 is 1.47 bits per heavy atom. The minimum atomic E-state index is -3.53.